The van der Waals surface area contributed by atoms with Gasteiger partial charge in [0.1, 0.15) is 12.6 Å². The predicted octanol–water partition coefficient (Wildman–Crippen LogP) is 5.94. The van der Waals surface area contributed by atoms with E-state index in [4.69, 9.17) is 11.6 Å². The van der Waals surface area contributed by atoms with Crippen molar-refractivity contribution in [1.29, 1.82) is 0 Å². The van der Waals surface area contributed by atoms with Crippen molar-refractivity contribution in [2.75, 3.05) is 10.8 Å². The molecule has 1 saturated carbocycles. The van der Waals surface area contributed by atoms with E-state index in [2.05, 4.69) is 5.32 Å². The lowest BCUT2D eigenvalue weighted by atomic mass is 10.1. The molecular weight excluding hydrogens is 558 g/mol. The molecule has 3 aromatic carbocycles. The number of benzene rings is 3. The molecule has 4 rings (SSSR count). The van der Waals surface area contributed by atoms with Crippen LogP contribution < -0.4 is 9.62 Å². The minimum absolute atomic E-state index is 0.0847. The van der Waals surface area contributed by atoms with Crippen LogP contribution in [-0.2, 0) is 26.2 Å². The van der Waals surface area contributed by atoms with Crippen molar-refractivity contribution in [3.8, 4) is 0 Å². The van der Waals surface area contributed by atoms with Crippen molar-refractivity contribution in [1.82, 2.24) is 10.2 Å². The van der Waals surface area contributed by atoms with Crippen molar-refractivity contribution < 1.29 is 18.0 Å². The number of aryl methyl sites for hydroxylation is 2. The summed E-state index contributed by atoms with van der Waals surface area (Å²) in [6.45, 7) is 6.94. The summed E-state index contributed by atoms with van der Waals surface area (Å²) >= 11 is 6.23. The number of hydrogen-bond donors (Lipinski definition) is 1. The standard InChI is InChI=1S/C32H38ClN3O4S/c1-22-15-17-29(18-16-22)41(39,40)36(30-14-7-9-23(2)24(30)3)21-31(37)35(20-26-10-8-11-27(33)19-26)25(4)32(38)34-28-12-5-6-13-28/h7-11,14-19,25,28H,5-6,12-13,20-21H2,1-4H3,(H,34,38)/t25-/m0/s1. The number of hydrogen-bond acceptors (Lipinski definition) is 4. The Morgan fingerprint density at radius 1 is 0.976 bits per heavy atom. The summed E-state index contributed by atoms with van der Waals surface area (Å²) < 4.78 is 29.3. The van der Waals surface area contributed by atoms with Crippen LogP contribution in [0.4, 0.5) is 5.69 Å². The van der Waals surface area contributed by atoms with Gasteiger partial charge in [-0.15, -0.1) is 0 Å². The zero-order valence-electron chi connectivity index (χ0n) is 24.1. The zero-order valence-corrected chi connectivity index (χ0v) is 25.6. The van der Waals surface area contributed by atoms with E-state index in [-0.39, 0.29) is 23.4 Å². The lowest BCUT2D eigenvalue weighted by Crippen LogP contribution is -2.52. The van der Waals surface area contributed by atoms with Gasteiger partial charge in [0.2, 0.25) is 11.8 Å². The SMILES string of the molecule is Cc1ccc(S(=O)(=O)N(CC(=O)N(Cc2cccc(Cl)c2)[C@@H](C)C(=O)NC2CCCC2)c2cccc(C)c2C)cc1. The molecule has 41 heavy (non-hydrogen) atoms. The molecule has 1 N–H and O–H groups in total. The maximum absolute atomic E-state index is 14.1. The topological polar surface area (TPSA) is 86.8 Å². The highest BCUT2D eigenvalue weighted by atomic mass is 35.5. The molecule has 0 saturated heterocycles. The van der Waals surface area contributed by atoms with Crippen LogP contribution >= 0.6 is 11.6 Å². The third kappa shape index (κ3) is 7.29. The molecule has 0 unspecified atom stereocenters. The number of nitrogens with one attached hydrogen (secondary N) is 1. The number of carbonyl (C=O) groups is 2. The monoisotopic (exact) mass is 595 g/mol. The van der Waals surface area contributed by atoms with Gasteiger partial charge in [-0.3, -0.25) is 13.9 Å². The predicted molar refractivity (Wildman–Crippen MR) is 163 cm³/mol. The van der Waals surface area contributed by atoms with E-state index in [1.165, 1.54) is 4.90 Å². The Bertz CT molecular complexity index is 1500. The molecule has 3 aromatic rings. The molecule has 0 aliphatic heterocycles. The summed E-state index contributed by atoms with van der Waals surface area (Å²) in [7, 11) is -4.12. The van der Waals surface area contributed by atoms with Crippen LogP contribution in [0.2, 0.25) is 5.02 Å². The number of carbonyl (C=O) groups excluding carboxylic acids is 2. The molecule has 1 fully saturated rings. The Balaban J connectivity index is 1.72. The summed E-state index contributed by atoms with van der Waals surface area (Å²) in [6, 6.07) is 18.3. The fourth-order valence-corrected chi connectivity index (χ4v) is 6.85. The van der Waals surface area contributed by atoms with Gasteiger partial charge in [-0.1, -0.05) is 66.4 Å². The second-order valence-electron chi connectivity index (χ2n) is 10.9. The molecule has 7 nitrogen and oxygen atoms in total. The van der Waals surface area contributed by atoms with Gasteiger partial charge in [0, 0.05) is 17.6 Å². The van der Waals surface area contributed by atoms with Gasteiger partial charge in [0.15, 0.2) is 0 Å². The normalized spacial score (nSPS) is 14.5. The number of amides is 2. The van der Waals surface area contributed by atoms with Crippen LogP contribution in [0.5, 0.6) is 0 Å². The van der Waals surface area contributed by atoms with E-state index in [1.54, 1.807) is 61.5 Å². The molecule has 0 spiro atoms. The lowest BCUT2D eigenvalue weighted by molar-refractivity contribution is -0.139. The van der Waals surface area contributed by atoms with Crippen molar-refractivity contribution in [2.45, 2.75) is 76.9 Å². The first-order chi connectivity index (χ1) is 19.5. The largest absolute Gasteiger partial charge is 0.352 e. The van der Waals surface area contributed by atoms with E-state index < -0.39 is 28.5 Å². The number of halogens is 1. The highest BCUT2D eigenvalue weighted by Gasteiger charge is 2.34. The Morgan fingerprint density at radius 3 is 2.29 bits per heavy atom. The van der Waals surface area contributed by atoms with E-state index in [1.807, 2.05) is 32.9 Å². The van der Waals surface area contributed by atoms with Crippen LogP contribution in [0.1, 0.15) is 54.9 Å². The second kappa shape index (κ2) is 13.1. The maximum Gasteiger partial charge on any atom is 0.264 e. The summed E-state index contributed by atoms with van der Waals surface area (Å²) in [5.41, 5.74) is 3.74. The van der Waals surface area contributed by atoms with Gasteiger partial charge in [-0.25, -0.2) is 8.42 Å². The average Bonchev–Trinajstić information content (AvgIpc) is 3.45. The Labute approximate surface area is 248 Å². The fraction of sp³-hybridized carbons (Fsp3) is 0.375. The highest BCUT2D eigenvalue weighted by molar-refractivity contribution is 7.92. The highest BCUT2D eigenvalue weighted by Crippen LogP contribution is 2.29. The lowest BCUT2D eigenvalue weighted by Gasteiger charge is -2.33. The fourth-order valence-electron chi connectivity index (χ4n) is 5.16. The van der Waals surface area contributed by atoms with Crippen LogP contribution in [0.15, 0.2) is 71.6 Å². The first-order valence-electron chi connectivity index (χ1n) is 14.0. The Morgan fingerprint density at radius 2 is 1.63 bits per heavy atom. The van der Waals surface area contributed by atoms with Crippen molar-refractivity contribution in [2.24, 2.45) is 0 Å². The van der Waals surface area contributed by atoms with E-state index in [0.29, 0.717) is 10.7 Å². The Kier molecular flexibility index (Phi) is 9.76. The molecule has 218 valence electrons. The van der Waals surface area contributed by atoms with E-state index in [0.717, 1.165) is 52.2 Å². The van der Waals surface area contributed by atoms with Crippen LogP contribution in [0.3, 0.4) is 0 Å². The van der Waals surface area contributed by atoms with Crippen LogP contribution in [0, 0.1) is 20.8 Å². The molecule has 0 radical (unpaired) electrons. The van der Waals surface area contributed by atoms with Crippen molar-refractivity contribution in [3.05, 3.63) is 94.0 Å². The summed E-state index contributed by atoms with van der Waals surface area (Å²) in [5, 5.41) is 3.59. The molecule has 1 aliphatic rings. The number of sulfonamides is 1. The molecule has 1 atom stereocenters. The average molecular weight is 596 g/mol. The second-order valence-corrected chi connectivity index (χ2v) is 13.2. The first-order valence-corrected chi connectivity index (χ1v) is 15.8. The summed E-state index contributed by atoms with van der Waals surface area (Å²) in [6.07, 6.45) is 3.95. The minimum atomic E-state index is -4.12. The molecule has 0 heterocycles. The first kappa shape index (κ1) is 30.6. The van der Waals surface area contributed by atoms with E-state index >= 15 is 0 Å². The summed E-state index contributed by atoms with van der Waals surface area (Å²) in [4.78, 5) is 29.0. The van der Waals surface area contributed by atoms with Gasteiger partial charge >= 0.3 is 0 Å². The van der Waals surface area contributed by atoms with Crippen molar-refractivity contribution >= 4 is 39.1 Å². The smallest absolute Gasteiger partial charge is 0.264 e. The summed E-state index contributed by atoms with van der Waals surface area (Å²) in [5.74, 6) is -0.748. The third-order valence-corrected chi connectivity index (χ3v) is 9.85. The maximum atomic E-state index is 14.1. The number of rotatable bonds is 10. The molecule has 0 aromatic heterocycles. The quantitative estimate of drug-likeness (QED) is 0.314. The molecule has 9 heteroatoms. The number of nitrogens with zero attached hydrogens (tertiary/aromatic N) is 2. The van der Waals surface area contributed by atoms with Gasteiger partial charge in [-0.2, -0.15) is 0 Å². The Hall–Kier alpha value is -3.36. The van der Waals surface area contributed by atoms with Gasteiger partial charge in [0.05, 0.1) is 10.6 Å². The van der Waals surface area contributed by atoms with E-state index in [9.17, 15) is 18.0 Å². The number of anilines is 1. The molecule has 0 bridgehead atoms. The van der Waals surface area contributed by atoms with Crippen LogP contribution in [-0.4, -0.2) is 43.8 Å². The zero-order chi connectivity index (χ0) is 29.7. The minimum Gasteiger partial charge on any atom is -0.352 e. The van der Waals surface area contributed by atoms with Crippen molar-refractivity contribution in [3.63, 3.8) is 0 Å². The third-order valence-electron chi connectivity index (χ3n) is 7.84. The molecule has 2 amide bonds. The van der Waals surface area contributed by atoms with Gasteiger partial charge < -0.3 is 10.2 Å². The molecular formula is C32H38ClN3O4S. The molecule has 1 aliphatic carbocycles. The van der Waals surface area contributed by atoms with Gasteiger partial charge in [-0.05, 0) is 87.6 Å². The van der Waals surface area contributed by atoms with Crippen LogP contribution in [0.25, 0.3) is 0 Å². The van der Waals surface area contributed by atoms with Gasteiger partial charge in [0.25, 0.3) is 10.0 Å².